The summed E-state index contributed by atoms with van der Waals surface area (Å²) < 4.78 is 12.2. The van der Waals surface area contributed by atoms with Crippen LogP contribution < -0.4 is 11.1 Å². The number of oxazole rings is 1. The minimum Gasteiger partial charge on any atom is -0.408 e. The van der Waals surface area contributed by atoms with E-state index in [0.717, 1.165) is 48.9 Å². The third kappa shape index (κ3) is 4.59. The molecular formula is C23H26N2O4. The van der Waals surface area contributed by atoms with Gasteiger partial charge in [0.05, 0.1) is 11.6 Å². The van der Waals surface area contributed by atoms with Crippen molar-refractivity contribution in [3.63, 3.8) is 0 Å². The van der Waals surface area contributed by atoms with E-state index in [-0.39, 0.29) is 17.8 Å². The summed E-state index contributed by atoms with van der Waals surface area (Å²) in [6, 6.07) is 14.0. The number of amides is 1. The van der Waals surface area contributed by atoms with Crippen molar-refractivity contribution in [2.24, 2.45) is 7.05 Å². The smallest absolute Gasteiger partial charge is 0.408 e. The number of carbonyl (C=O) groups excluding carboxylic acids is 1. The molecule has 0 spiro atoms. The number of rotatable bonds is 7. The minimum absolute atomic E-state index is 0.0937. The van der Waals surface area contributed by atoms with Crippen molar-refractivity contribution in [1.29, 1.82) is 0 Å². The number of nitrogens with zero attached hydrogens (tertiary/aromatic N) is 1. The molecule has 1 fully saturated rings. The first-order chi connectivity index (χ1) is 14.1. The van der Waals surface area contributed by atoms with E-state index in [9.17, 15) is 9.59 Å². The summed E-state index contributed by atoms with van der Waals surface area (Å²) in [5, 5.41) is 2.99. The van der Waals surface area contributed by atoms with Crippen molar-refractivity contribution in [2.75, 3.05) is 13.2 Å². The van der Waals surface area contributed by atoms with E-state index < -0.39 is 0 Å². The van der Waals surface area contributed by atoms with Gasteiger partial charge in [-0.3, -0.25) is 9.36 Å². The fourth-order valence-corrected chi connectivity index (χ4v) is 3.77. The van der Waals surface area contributed by atoms with Gasteiger partial charge >= 0.3 is 5.76 Å². The number of benzene rings is 2. The second-order valence-electron chi connectivity index (χ2n) is 7.58. The number of ether oxygens (including phenoxy) is 1. The van der Waals surface area contributed by atoms with Gasteiger partial charge in [0, 0.05) is 26.6 Å². The Hall–Kier alpha value is -2.86. The van der Waals surface area contributed by atoms with Gasteiger partial charge in [0.15, 0.2) is 5.58 Å². The molecule has 0 aliphatic carbocycles. The van der Waals surface area contributed by atoms with Crippen LogP contribution in [0.2, 0.25) is 0 Å². The highest BCUT2D eigenvalue weighted by molar-refractivity contribution is 5.80. The van der Waals surface area contributed by atoms with E-state index in [1.807, 2.05) is 18.2 Å². The highest BCUT2D eigenvalue weighted by atomic mass is 16.5. The fourth-order valence-electron chi connectivity index (χ4n) is 3.77. The van der Waals surface area contributed by atoms with Crippen molar-refractivity contribution in [3.05, 3.63) is 58.6 Å². The standard InChI is InChI=1S/C23H26N2O4/c1-25-20-15-18(8-10-21(20)29-23(25)27)17-6-4-16(5-7-17)12-13-24-22(26)11-9-19-3-2-14-28-19/h4-8,10,15,19H,2-3,9,11-14H2,1H3,(H,24,26). The van der Waals surface area contributed by atoms with Gasteiger partial charge < -0.3 is 14.5 Å². The Labute approximate surface area is 169 Å². The molecule has 152 valence electrons. The van der Waals surface area contributed by atoms with Crippen LogP contribution >= 0.6 is 0 Å². The minimum atomic E-state index is -0.356. The van der Waals surface area contributed by atoms with E-state index in [1.54, 1.807) is 7.05 Å². The van der Waals surface area contributed by atoms with Gasteiger partial charge in [-0.1, -0.05) is 30.3 Å². The Balaban J connectivity index is 1.30. The average Bonchev–Trinajstić information content (AvgIpc) is 3.35. The molecule has 1 aliphatic rings. The molecule has 1 atom stereocenters. The Kier molecular flexibility index (Phi) is 5.81. The summed E-state index contributed by atoms with van der Waals surface area (Å²) in [4.78, 5) is 23.6. The largest absolute Gasteiger partial charge is 0.419 e. The summed E-state index contributed by atoms with van der Waals surface area (Å²) in [5.74, 6) is -0.263. The molecule has 3 aromatic rings. The first kappa shape index (κ1) is 19.5. The lowest BCUT2D eigenvalue weighted by atomic mass is 10.0. The molecule has 1 unspecified atom stereocenters. The van der Waals surface area contributed by atoms with Crippen molar-refractivity contribution in [1.82, 2.24) is 9.88 Å². The molecule has 2 aromatic carbocycles. The number of hydrogen-bond acceptors (Lipinski definition) is 4. The fraction of sp³-hybridized carbons (Fsp3) is 0.391. The van der Waals surface area contributed by atoms with Gasteiger partial charge in [-0.25, -0.2) is 4.79 Å². The predicted octanol–water partition coefficient (Wildman–Crippen LogP) is 3.42. The van der Waals surface area contributed by atoms with Crippen molar-refractivity contribution in [3.8, 4) is 11.1 Å². The second-order valence-corrected chi connectivity index (χ2v) is 7.58. The van der Waals surface area contributed by atoms with Gasteiger partial charge in [-0.15, -0.1) is 0 Å². The lowest BCUT2D eigenvalue weighted by Gasteiger charge is -2.10. The molecule has 1 amide bonds. The summed E-state index contributed by atoms with van der Waals surface area (Å²) >= 11 is 0. The van der Waals surface area contributed by atoms with Crippen LogP contribution in [-0.4, -0.2) is 29.7 Å². The Morgan fingerprint density at radius 1 is 1.17 bits per heavy atom. The van der Waals surface area contributed by atoms with Crippen LogP contribution in [0.4, 0.5) is 0 Å². The van der Waals surface area contributed by atoms with E-state index in [0.29, 0.717) is 18.5 Å². The van der Waals surface area contributed by atoms with Crippen LogP contribution in [0, 0.1) is 0 Å². The maximum atomic E-state index is 12.0. The van der Waals surface area contributed by atoms with Crippen molar-refractivity contribution >= 4 is 17.0 Å². The molecule has 0 saturated carbocycles. The van der Waals surface area contributed by atoms with E-state index in [1.165, 1.54) is 10.1 Å². The van der Waals surface area contributed by atoms with Crippen LogP contribution in [-0.2, 0) is 23.0 Å². The quantitative estimate of drug-likeness (QED) is 0.666. The molecule has 6 nitrogen and oxygen atoms in total. The number of fused-ring (bicyclic) bond motifs is 1. The van der Waals surface area contributed by atoms with Crippen molar-refractivity contribution < 1.29 is 13.9 Å². The van der Waals surface area contributed by atoms with Crippen LogP contribution in [0.1, 0.15) is 31.2 Å². The molecular weight excluding hydrogens is 368 g/mol. The monoisotopic (exact) mass is 394 g/mol. The Morgan fingerprint density at radius 3 is 2.72 bits per heavy atom. The molecule has 1 N–H and O–H groups in total. The van der Waals surface area contributed by atoms with E-state index in [2.05, 4.69) is 29.6 Å². The Bertz CT molecular complexity index is 1040. The zero-order valence-electron chi connectivity index (χ0n) is 16.6. The van der Waals surface area contributed by atoms with Crippen LogP contribution in [0.15, 0.2) is 51.7 Å². The third-order valence-corrected chi connectivity index (χ3v) is 5.53. The van der Waals surface area contributed by atoms with Crippen LogP contribution in [0.3, 0.4) is 0 Å². The number of hydrogen-bond donors (Lipinski definition) is 1. The van der Waals surface area contributed by atoms with Gasteiger partial charge in [-0.05, 0) is 54.5 Å². The van der Waals surface area contributed by atoms with Gasteiger partial charge in [0.1, 0.15) is 0 Å². The highest BCUT2D eigenvalue weighted by Crippen LogP contribution is 2.24. The Morgan fingerprint density at radius 2 is 1.97 bits per heavy atom. The SMILES string of the molecule is Cn1c(=O)oc2ccc(-c3ccc(CCNC(=O)CCC4CCCO4)cc3)cc21. The summed E-state index contributed by atoms with van der Waals surface area (Å²) in [6.45, 7) is 1.46. The zero-order valence-corrected chi connectivity index (χ0v) is 16.6. The number of nitrogens with one attached hydrogen (secondary N) is 1. The number of carbonyl (C=O) groups is 1. The summed E-state index contributed by atoms with van der Waals surface area (Å²) in [5.41, 5.74) is 4.65. The first-order valence-corrected chi connectivity index (χ1v) is 10.2. The molecule has 1 aromatic heterocycles. The lowest BCUT2D eigenvalue weighted by Crippen LogP contribution is -2.26. The number of aryl methyl sites for hydroxylation is 1. The van der Waals surface area contributed by atoms with Crippen molar-refractivity contribution in [2.45, 2.75) is 38.2 Å². The van der Waals surface area contributed by atoms with Gasteiger partial charge in [0.2, 0.25) is 5.91 Å². The molecule has 0 radical (unpaired) electrons. The van der Waals surface area contributed by atoms with Gasteiger partial charge in [-0.2, -0.15) is 0 Å². The average molecular weight is 394 g/mol. The maximum absolute atomic E-state index is 12.0. The topological polar surface area (TPSA) is 73.5 Å². The molecule has 6 heteroatoms. The molecule has 29 heavy (non-hydrogen) atoms. The highest BCUT2D eigenvalue weighted by Gasteiger charge is 2.16. The van der Waals surface area contributed by atoms with Crippen LogP contribution in [0.25, 0.3) is 22.2 Å². The number of aromatic nitrogens is 1. The second kappa shape index (κ2) is 8.66. The van der Waals surface area contributed by atoms with Gasteiger partial charge in [0.25, 0.3) is 0 Å². The molecule has 2 heterocycles. The molecule has 0 bridgehead atoms. The zero-order chi connectivity index (χ0) is 20.2. The predicted molar refractivity (Wildman–Crippen MR) is 112 cm³/mol. The molecule has 1 aliphatic heterocycles. The van der Waals surface area contributed by atoms with E-state index in [4.69, 9.17) is 9.15 Å². The van der Waals surface area contributed by atoms with E-state index >= 15 is 0 Å². The summed E-state index contributed by atoms with van der Waals surface area (Å²) in [7, 11) is 1.70. The molecule has 1 saturated heterocycles. The van der Waals surface area contributed by atoms with Crippen LogP contribution in [0.5, 0.6) is 0 Å². The molecule has 4 rings (SSSR count). The summed E-state index contributed by atoms with van der Waals surface area (Å²) in [6.07, 6.45) is 4.58. The first-order valence-electron chi connectivity index (χ1n) is 10.2. The third-order valence-electron chi connectivity index (χ3n) is 5.53. The normalized spacial score (nSPS) is 16.4. The maximum Gasteiger partial charge on any atom is 0.419 e. The lowest BCUT2D eigenvalue weighted by molar-refractivity contribution is -0.121.